The molecule has 104 valence electrons. The average molecular weight is 385 g/mol. The van der Waals surface area contributed by atoms with Crippen molar-refractivity contribution in [1.82, 2.24) is 14.8 Å². The third-order valence-corrected chi connectivity index (χ3v) is 5.74. The number of rotatable bonds is 4. The molecule has 2 aromatic rings. The Hall–Kier alpha value is -0.440. The van der Waals surface area contributed by atoms with E-state index in [4.69, 9.17) is 10.7 Å². The standard InChI is InChI=1S/C10H11BrClN3O2S2/c1-3-4-15-9(7-5-6(2)8(11)18-7)13-14-10(15)19(12,16)17/h5H,3-4H2,1-2H3. The van der Waals surface area contributed by atoms with Gasteiger partial charge in [-0.25, -0.2) is 8.42 Å². The van der Waals surface area contributed by atoms with E-state index >= 15 is 0 Å². The summed E-state index contributed by atoms with van der Waals surface area (Å²) < 4.78 is 25.5. The minimum atomic E-state index is -3.89. The van der Waals surface area contributed by atoms with Gasteiger partial charge in [0.15, 0.2) is 5.82 Å². The second kappa shape index (κ2) is 5.51. The number of aromatic nitrogens is 3. The van der Waals surface area contributed by atoms with Crippen molar-refractivity contribution in [2.45, 2.75) is 32.0 Å². The fourth-order valence-electron chi connectivity index (χ4n) is 1.65. The summed E-state index contributed by atoms with van der Waals surface area (Å²) in [5.74, 6) is 0.528. The van der Waals surface area contributed by atoms with E-state index < -0.39 is 9.05 Å². The number of hydrogen-bond acceptors (Lipinski definition) is 5. The molecule has 19 heavy (non-hydrogen) atoms. The lowest BCUT2D eigenvalue weighted by atomic mass is 10.3. The predicted molar refractivity (Wildman–Crippen MR) is 79.1 cm³/mol. The highest BCUT2D eigenvalue weighted by Gasteiger charge is 2.23. The Balaban J connectivity index is 2.61. The number of halogens is 2. The van der Waals surface area contributed by atoms with Gasteiger partial charge in [0, 0.05) is 17.2 Å². The Morgan fingerprint density at radius 2 is 2.16 bits per heavy atom. The fourth-order valence-corrected chi connectivity index (χ4v) is 4.10. The van der Waals surface area contributed by atoms with E-state index in [-0.39, 0.29) is 5.16 Å². The van der Waals surface area contributed by atoms with E-state index in [1.165, 1.54) is 11.3 Å². The van der Waals surface area contributed by atoms with Crippen LogP contribution in [0.5, 0.6) is 0 Å². The van der Waals surface area contributed by atoms with E-state index in [1.54, 1.807) is 4.57 Å². The number of nitrogens with zero attached hydrogens (tertiary/aromatic N) is 3. The second-order valence-electron chi connectivity index (χ2n) is 3.96. The summed E-state index contributed by atoms with van der Waals surface area (Å²) in [6, 6.07) is 1.94. The lowest BCUT2D eigenvalue weighted by Gasteiger charge is -2.05. The van der Waals surface area contributed by atoms with Crippen molar-refractivity contribution in [3.8, 4) is 10.7 Å². The van der Waals surface area contributed by atoms with Crippen molar-refractivity contribution in [3.63, 3.8) is 0 Å². The zero-order valence-electron chi connectivity index (χ0n) is 10.2. The second-order valence-corrected chi connectivity index (χ2v) is 8.79. The smallest absolute Gasteiger partial charge is 0.296 e. The van der Waals surface area contributed by atoms with Crippen LogP contribution in [0.3, 0.4) is 0 Å². The molecule has 0 radical (unpaired) electrons. The maximum absolute atomic E-state index is 11.5. The van der Waals surface area contributed by atoms with Crippen LogP contribution < -0.4 is 0 Å². The number of thiophene rings is 1. The molecule has 0 spiro atoms. The highest BCUT2D eigenvalue weighted by Crippen LogP contribution is 2.34. The molecule has 2 rings (SSSR count). The largest absolute Gasteiger partial charge is 0.296 e. The Morgan fingerprint density at radius 1 is 1.47 bits per heavy atom. The van der Waals surface area contributed by atoms with Crippen molar-refractivity contribution < 1.29 is 8.42 Å². The van der Waals surface area contributed by atoms with Crippen LogP contribution in [0, 0.1) is 6.92 Å². The van der Waals surface area contributed by atoms with Gasteiger partial charge in [0.25, 0.3) is 14.2 Å². The van der Waals surface area contributed by atoms with Crippen LogP contribution in [0.1, 0.15) is 18.9 Å². The van der Waals surface area contributed by atoms with E-state index in [0.29, 0.717) is 12.4 Å². The molecule has 0 fully saturated rings. The summed E-state index contributed by atoms with van der Waals surface area (Å²) >= 11 is 4.93. The van der Waals surface area contributed by atoms with Crippen LogP contribution in [0.4, 0.5) is 0 Å². The molecule has 0 unspecified atom stereocenters. The SMILES string of the molecule is CCCn1c(-c2cc(C)c(Br)s2)nnc1S(=O)(=O)Cl. The first-order valence-corrected chi connectivity index (χ1v) is 9.40. The normalized spacial score (nSPS) is 12.0. The van der Waals surface area contributed by atoms with Crippen molar-refractivity contribution in [2.24, 2.45) is 0 Å². The van der Waals surface area contributed by atoms with Gasteiger partial charge in [-0.2, -0.15) is 0 Å². The molecule has 0 saturated carbocycles. The molecule has 0 atom stereocenters. The van der Waals surface area contributed by atoms with Crippen molar-refractivity contribution in [1.29, 1.82) is 0 Å². The zero-order chi connectivity index (χ0) is 14.2. The summed E-state index contributed by atoms with van der Waals surface area (Å²) in [6.07, 6.45) is 0.760. The Kier molecular flexibility index (Phi) is 4.34. The Bertz CT molecular complexity index is 689. The Labute approximate surface area is 128 Å². The molecule has 0 amide bonds. The quantitative estimate of drug-likeness (QED) is 0.758. The first-order chi connectivity index (χ1) is 8.84. The number of hydrogen-bond donors (Lipinski definition) is 0. The highest BCUT2D eigenvalue weighted by atomic mass is 79.9. The van der Waals surface area contributed by atoms with Crippen molar-refractivity contribution in [2.75, 3.05) is 0 Å². The van der Waals surface area contributed by atoms with Crippen LogP contribution in [-0.2, 0) is 15.6 Å². The third kappa shape index (κ3) is 3.01. The first kappa shape index (κ1) is 15.0. The number of aryl methyl sites for hydroxylation is 1. The molecule has 9 heteroatoms. The minimum Gasteiger partial charge on any atom is -0.296 e. The van der Waals surface area contributed by atoms with Crippen LogP contribution >= 0.6 is 37.9 Å². The molecule has 2 heterocycles. The summed E-state index contributed by atoms with van der Waals surface area (Å²) in [4.78, 5) is 0.858. The molecule has 0 aliphatic heterocycles. The van der Waals surface area contributed by atoms with E-state index in [0.717, 1.165) is 20.6 Å². The lowest BCUT2D eigenvalue weighted by Crippen LogP contribution is -2.07. The van der Waals surface area contributed by atoms with Crippen molar-refractivity contribution >= 4 is 47.0 Å². The van der Waals surface area contributed by atoms with Gasteiger partial charge in [-0.05, 0) is 40.9 Å². The molecule has 5 nitrogen and oxygen atoms in total. The van der Waals surface area contributed by atoms with Crippen LogP contribution in [-0.4, -0.2) is 23.2 Å². The molecule has 0 saturated heterocycles. The molecular formula is C10H11BrClN3O2S2. The highest BCUT2D eigenvalue weighted by molar-refractivity contribution is 9.11. The molecule has 2 aromatic heterocycles. The van der Waals surface area contributed by atoms with E-state index in [9.17, 15) is 8.42 Å². The maximum atomic E-state index is 11.5. The minimum absolute atomic E-state index is 0.201. The van der Waals surface area contributed by atoms with E-state index in [2.05, 4.69) is 26.1 Å². The summed E-state index contributed by atoms with van der Waals surface area (Å²) in [7, 11) is 1.49. The average Bonchev–Trinajstić information content (AvgIpc) is 2.84. The lowest BCUT2D eigenvalue weighted by molar-refractivity contribution is 0.570. The maximum Gasteiger partial charge on any atom is 0.296 e. The van der Waals surface area contributed by atoms with Crippen molar-refractivity contribution in [3.05, 3.63) is 15.4 Å². The summed E-state index contributed by atoms with van der Waals surface area (Å²) in [5.41, 5.74) is 1.07. The van der Waals surface area contributed by atoms with Gasteiger partial charge in [0.1, 0.15) is 0 Å². The Morgan fingerprint density at radius 3 is 2.63 bits per heavy atom. The van der Waals surface area contributed by atoms with Gasteiger partial charge in [-0.15, -0.1) is 21.5 Å². The molecule has 0 aliphatic carbocycles. The van der Waals surface area contributed by atoms with Crippen LogP contribution in [0.2, 0.25) is 0 Å². The van der Waals surface area contributed by atoms with Gasteiger partial charge in [-0.3, -0.25) is 4.57 Å². The topological polar surface area (TPSA) is 64.8 Å². The zero-order valence-corrected chi connectivity index (χ0v) is 14.2. The third-order valence-electron chi connectivity index (χ3n) is 2.46. The molecule has 0 N–H and O–H groups in total. The van der Waals surface area contributed by atoms with Crippen LogP contribution in [0.25, 0.3) is 10.7 Å². The summed E-state index contributed by atoms with van der Waals surface area (Å²) in [6.45, 7) is 4.41. The van der Waals surface area contributed by atoms with Gasteiger partial charge >= 0.3 is 0 Å². The van der Waals surface area contributed by atoms with Gasteiger partial charge in [0.05, 0.1) is 8.66 Å². The summed E-state index contributed by atoms with van der Waals surface area (Å²) in [5, 5.41) is 7.47. The molecule has 0 aromatic carbocycles. The van der Waals surface area contributed by atoms with Gasteiger partial charge < -0.3 is 0 Å². The monoisotopic (exact) mass is 383 g/mol. The predicted octanol–water partition coefficient (Wildman–Crippen LogP) is 3.42. The molecular weight excluding hydrogens is 374 g/mol. The van der Waals surface area contributed by atoms with Gasteiger partial charge in [-0.1, -0.05) is 6.92 Å². The molecule has 0 bridgehead atoms. The molecule has 0 aliphatic rings. The van der Waals surface area contributed by atoms with E-state index in [1.807, 2.05) is 19.9 Å². The van der Waals surface area contributed by atoms with Crippen LogP contribution in [0.15, 0.2) is 15.0 Å². The van der Waals surface area contributed by atoms with Gasteiger partial charge in [0.2, 0.25) is 0 Å². The first-order valence-electron chi connectivity index (χ1n) is 5.48. The fraction of sp³-hybridized carbons (Fsp3) is 0.400.